The molecule has 2 aromatic heterocycles. The lowest BCUT2D eigenvalue weighted by molar-refractivity contribution is 0.0999. The van der Waals surface area contributed by atoms with Crippen LogP contribution >= 0.6 is 11.8 Å². The maximum absolute atomic E-state index is 12.0. The lowest BCUT2D eigenvalue weighted by Gasteiger charge is -2.10. The monoisotopic (exact) mass is 353 g/mol. The van der Waals surface area contributed by atoms with Gasteiger partial charge in [-0.3, -0.25) is 14.6 Å². The first kappa shape index (κ1) is 16.7. The number of hydrogen-bond donors (Lipinski definition) is 3. The maximum Gasteiger partial charge on any atom is 0.266 e. The van der Waals surface area contributed by atoms with Crippen molar-refractivity contribution >= 4 is 29.2 Å². The number of hydrogen-bond acceptors (Lipinski definition) is 6. The summed E-state index contributed by atoms with van der Waals surface area (Å²) >= 11 is 1.25. The van der Waals surface area contributed by atoms with Crippen LogP contribution in [-0.2, 0) is 0 Å². The minimum Gasteiger partial charge on any atom is -0.365 e. The smallest absolute Gasteiger partial charge is 0.266 e. The van der Waals surface area contributed by atoms with E-state index in [1.54, 1.807) is 18.5 Å². The Labute approximate surface area is 147 Å². The van der Waals surface area contributed by atoms with E-state index < -0.39 is 11.5 Å². The Bertz CT molecular complexity index is 955. The molecule has 1 aromatic carbocycles. The quantitative estimate of drug-likeness (QED) is 0.479. The number of H-pyrrole nitrogens is 1. The molecule has 3 rings (SSSR count). The van der Waals surface area contributed by atoms with Crippen molar-refractivity contribution in [2.75, 3.05) is 11.6 Å². The summed E-state index contributed by atoms with van der Waals surface area (Å²) in [6.07, 6.45) is 3.37. The predicted molar refractivity (Wildman–Crippen MR) is 98.1 cm³/mol. The Morgan fingerprint density at radius 1 is 1.20 bits per heavy atom. The summed E-state index contributed by atoms with van der Waals surface area (Å²) in [5.74, 6) is -0.743. The summed E-state index contributed by atoms with van der Waals surface area (Å²) in [5, 5.41) is 3.32. The first-order chi connectivity index (χ1) is 12.1. The van der Waals surface area contributed by atoms with Gasteiger partial charge in [0.25, 0.3) is 11.5 Å². The molecular weight excluding hydrogens is 338 g/mol. The van der Waals surface area contributed by atoms with Crippen LogP contribution in [0.5, 0.6) is 0 Å². The summed E-state index contributed by atoms with van der Waals surface area (Å²) < 4.78 is 0. The Hall–Kier alpha value is -3.13. The number of nitrogens with zero attached hydrogens (tertiary/aromatic N) is 2. The first-order valence-corrected chi connectivity index (χ1v) is 8.57. The summed E-state index contributed by atoms with van der Waals surface area (Å²) in [6, 6.07) is 13.4. The van der Waals surface area contributed by atoms with Gasteiger partial charge < -0.3 is 16.0 Å². The number of benzene rings is 1. The molecule has 25 heavy (non-hydrogen) atoms. The summed E-state index contributed by atoms with van der Waals surface area (Å²) in [7, 11) is 0. The lowest BCUT2D eigenvalue weighted by Crippen LogP contribution is -2.26. The molecule has 1 amide bonds. The Morgan fingerprint density at radius 2 is 1.96 bits per heavy atom. The second-order valence-electron chi connectivity index (χ2n) is 5.09. The number of aromatic nitrogens is 3. The Kier molecular flexibility index (Phi) is 4.80. The summed E-state index contributed by atoms with van der Waals surface area (Å²) in [4.78, 5) is 34.7. The van der Waals surface area contributed by atoms with Crippen LogP contribution < -0.4 is 16.6 Å². The van der Waals surface area contributed by atoms with Gasteiger partial charge in [0.2, 0.25) is 0 Å². The van der Waals surface area contributed by atoms with E-state index in [4.69, 9.17) is 5.73 Å². The average molecular weight is 353 g/mol. The first-order valence-electron chi connectivity index (χ1n) is 7.35. The van der Waals surface area contributed by atoms with Crippen molar-refractivity contribution in [3.63, 3.8) is 0 Å². The highest BCUT2D eigenvalue weighted by atomic mass is 32.2. The molecule has 3 aromatic rings. The van der Waals surface area contributed by atoms with Crippen molar-refractivity contribution < 1.29 is 4.79 Å². The normalized spacial score (nSPS) is 10.4. The summed E-state index contributed by atoms with van der Waals surface area (Å²) in [6.45, 7) is 0. The van der Waals surface area contributed by atoms with E-state index in [1.165, 1.54) is 11.8 Å². The van der Waals surface area contributed by atoms with Gasteiger partial charge in [-0.25, -0.2) is 4.98 Å². The zero-order valence-electron chi connectivity index (χ0n) is 13.3. The molecule has 0 aliphatic rings. The van der Waals surface area contributed by atoms with Crippen LogP contribution in [0.1, 0.15) is 10.4 Å². The van der Waals surface area contributed by atoms with Gasteiger partial charge in [0.05, 0.1) is 17.6 Å². The molecule has 0 bridgehead atoms. The highest BCUT2D eigenvalue weighted by Crippen LogP contribution is 2.21. The third-order valence-corrected chi connectivity index (χ3v) is 4.01. The fraction of sp³-hybridized carbons (Fsp3) is 0.0588. The van der Waals surface area contributed by atoms with Crippen molar-refractivity contribution in [2.45, 2.75) is 5.16 Å². The second kappa shape index (κ2) is 7.18. The van der Waals surface area contributed by atoms with E-state index in [1.807, 2.05) is 36.4 Å². The largest absolute Gasteiger partial charge is 0.365 e. The zero-order chi connectivity index (χ0) is 17.8. The Balaban J connectivity index is 1.93. The molecule has 0 unspecified atom stereocenters. The van der Waals surface area contributed by atoms with Gasteiger partial charge in [-0.2, -0.15) is 0 Å². The van der Waals surface area contributed by atoms with Crippen molar-refractivity contribution in [3.8, 4) is 11.3 Å². The van der Waals surface area contributed by atoms with Crippen LogP contribution in [-0.4, -0.2) is 27.1 Å². The van der Waals surface area contributed by atoms with Gasteiger partial charge >= 0.3 is 0 Å². The van der Waals surface area contributed by atoms with E-state index >= 15 is 0 Å². The van der Waals surface area contributed by atoms with Crippen molar-refractivity contribution in [2.24, 2.45) is 5.73 Å². The van der Waals surface area contributed by atoms with Gasteiger partial charge in [0.15, 0.2) is 11.0 Å². The van der Waals surface area contributed by atoms with E-state index in [9.17, 15) is 9.59 Å². The van der Waals surface area contributed by atoms with Gasteiger partial charge in [-0.1, -0.05) is 42.1 Å². The van der Waals surface area contributed by atoms with E-state index in [-0.39, 0.29) is 11.4 Å². The number of nitrogens with one attached hydrogen (secondary N) is 2. The number of carbonyl (C=O) groups excluding carboxylic acids is 1. The second-order valence-corrected chi connectivity index (χ2v) is 5.88. The van der Waals surface area contributed by atoms with Crippen LogP contribution in [0, 0.1) is 0 Å². The van der Waals surface area contributed by atoms with E-state index in [0.717, 1.165) is 11.3 Å². The number of carbonyl (C=O) groups is 1. The Morgan fingerprint density at radius 3 is 2.56 bits per heavy atom. The standard InChI is InChI=1S/C17H15N5O2S/c1-25-17-21-15(13(14(18)23)16(24)22-17)20-11-7-8-12(19-9-11)10-5-3-2-4-6-10/h2-9H,1H3,(H2,18,23)(H2,20,21,22,24). The van der Waals surface area contributed by atoms with Crippen LogP contribution in [0.15, 0.2) is 58.6 Å². The number of aromatic amines is 1. The summed E-state index contributed by atoms with van der Waals surface area (Å²) in [5.41, 5.74) is 6.89. The fourth-order valence-corrected chi connectivity index (χ4v) is 2.63. The molecule has 0 aliphatic carbocycles. The predicted octanol–water partition coefficient (Wildman–Crippen LogP) is 2.40. The maximum atomic E-state index is 12.0. The highest BCUT2D eigenvalue weighted by molar-refractivity contribution is 7.98. The topological polar surface area (TPSA) is 114 Å². The third-order valence-electron chi connectivity index (χ3n) is 3.43. The minimum atomic E-state index is -0.849. The molecule has 4 N–H and O–H groups in total. The van der Waals surface area contributed by atoms with Gasteiger partial charge in [-0.05, 0) is 18.4 Å². The number of rotatable bonds is 5. The molecule has 7 nitrogen and oxygen atoms in total. The molecule has 8 heteroatoms. The SMILES string of the molecule is CSc1nc(Nc2ccc(-c3ccccc3)nc2)c(C(N)=O)c(=O)[nH]1. The molecule has 2 heterocycles. The van der Waals surface area contributed by atoms with E-state index in [0.29, 0.717) is 10.8 Å². The minimum absolute atomic E-state index is 0.106. The lowest BCUT2D eigenvalue weighted by atomic mass is 10.1. The molecule has 0 spiro atoms. The number of amides is 1. The van der Waals surface area contributed by atoms with Crippen LogP contribution in [0.25, 0.3) is 11.3 Å². The van der Waals surface area contributed by atoms with Crippen molar-refractivity contribution in [3.05, 3.63) is 64.6 Å². The number of nitrogens with two attached hydrogens (primary N) is 1. The number of pyridine rings is 1. The van der Waals surface area contributed by atoms with Crippen LogP contribution in [0.4, 0.5) is 11.5 Å². The molecule has 126 valence electrons. The van der Waals surface area contributed by atoms with Crippen molar-refractivity contribution in [1.29, 1.82) is 0 Å². The highest BCUT2D eigenvalue weighted by Gasteiger charge is 2.16. The number of anilines is 2. The number of primary amides is 1. The molecule has 0 saturated carbocycles. The van der Waals surface area contributed by atoms with Gasteiger partial charge in [0, 0.05) is 5.56 Å². The zero-order valence-corrected chi connectivity index (χ0v) is 14.1. The third kappa shape index (κ3) is 3.69. The molecule has 0 radical (unpaired) electrons. The molecular formula is C17H15N5O2S. The van der Waals surface area contributed by atoms with Gasteiger partial charge in [0.1, 0.15) is 5.56 Å². The van der Waals surface area contributed by atoms with Crippen molar-refractivity contribution in [1.82, 2.24) is 15.0 Å². The van der Waals surface area contributed by atoms with Crippen LogP contribution in [0.2, 0.25) is 0 Å². The molecule has 0 saturated heterocycles. The molecule has 0 atom stereocenters. The average Bonchev–Trinajstić information content (AvgIpc) is 2.62. The fourth-order valence-electron chi connectivity index (χ4n) is 2.25. The van der Waals surface area contributed by atoms with Crippen LogP contribution in [0.3, 0.4) is 0 Å². The van der Waals surface area contributed by atoms with Gasteiger partial charge in [-0.15, -0.1) is 0 Å². The van der Waals surface area contributed by atoms with E-state index in [2.05, 4.69) is 20.3 Å². The molecule has 0 aliphatic heterocycles. The molecule has 0 fully saturated rings. The number of thioether (sulfide) groups is 1.